The fourth-order valence-corrected chi connectivity index (χ4v) is 3.92. The van der Waals surface area contributed by atoms with Gasteiger partial charge in [0.1, 0.15) is 5.78 Å². The van der Waals surface area contributed by atoms with Crippen molar-refractivity contribution in [2.45, 2.75) is 70.8 Å². The molecule has 2 aliphatic rings. The first-order chi connectivity index (χ1) is 12.5. The van der Waals surface area contributed by atoms with Gasteiger partial charge in [-0.1, -0.05) is 44.7 Å². The Morgan fingerprint density at radius 2 is 1.77 bits per heavy atom. The minimum atomic E-state index is -0.794. The minimum absolute atomic E-state index is 0.115. The molecule has 5 heteroatoms. The Kier molecular flexibility index (Phi) is 5.64. The van der Waals surface area contributed by atoms with E-state index in [1.165, 1.54) is 19.3 Å². The van der Waals surface area contributed by atoms with Gasteiger partial charge in [-0.3, -0.25) is 24.1 Å². The third kappa shape index (κ3) is 3.48. The molecule has 2 amide bonds. The van der Waals surface area contributed by atoms with Crippen LogP contribution in [0.3, 0.4) is 0 Å². The number of nitrogens with zero attached hydrogens (tertiary/aromatic N) is 1. The van der Waals surface area contributed by atoms with Crippen molar-refractivity contribution in [2.75, 3.05) is 0 Å². The second-order valence-electron chi connectivity index (χ2n) is 7.22. The Morgan fingerprint density at radius 1 is 1.00 bits per heavy atom. The smallest absolute Gasteiger partial charge is 0.262 e. The van der Waals surface area contributed by atoms with Crippen LogP contribution in [0.1, 0.15) is 84.6 Å². The van der Waals surface area contributed by atoms with Crippen LogP contribution >= 0.6 is 0 Å². The van der Waals surface area contributed by atoms with Crippen LogP contribution in [0, 0.1) is 0 Å². The molecule has 0 saturated heterocycles. The third-order valence-electron chi connectivity index (χ3n) is 5.33. The van der Waals surface area contributed by atoms with E-state index in [0.717, 1.165) is 29.7 Å². The van der Waals surface area contributed by atoms with Crippen molar-refractivity contribution in [3.8, 4) is 0 Å². The summed E-state index contributed by atoms with van der Waals surface area (Å²) in [6, 6.07) is 4.58. The maximum atomic E-state index is 13.0. The first-order valence-corrected chi connectivity index (χ1v) is 9.58. The topological polar surface area (TPSA) is 71.5 Å². The molecule has 0 N–H and O–H groups in total. The highest BCUT2D eigenvalue weighted by Crippen LogP contribution is 2.31. The Morgan fingerprint density at radius 3 is 2.50 bits per heavy atom. The zero-order valence-electron chi connectivity index (χ0n) is 15.3. The summed E-state index contributed by atoms with van der Waals surface area (Å²) in [5, 5.41) is 0. The van der Waals surface area contributed by atoms with E-state index in [9.17, 15) is 19.2 Å². The zero-order valence-corrected chi connectivity index (χ0v) is 15.3. The highest BCUT2D eigenvalue weighted by atomic mass is 16.2. The average Bonchev–Trinajstić information content (AvgIpc) is 2.87. The number of Topliss-reactive ketones (excluding diaryl/α,β-unsaturated/α-hetero) is 2. The van der Waals surface area contributed by atoms with Gasteiger partial charge in [-0.05, 0) is 30.9 Å². The van der Waals surface area contributed by atoms with Crippen molar-refractivity contribution in [1.29, 1.82) is 0 Å². The van der Waals surface area contributed by atoms with E-state index in [2.05, 4.69) is 6.92 Å². The van der Waals surface area contributed by atoms with Crippen molar-refractivity contribution in [1.82, 2.24) is 4.90 Å². The number of carbonyl (C=O) groups excluding carboxylic acids is 4. The summed E-state index contributed by atoms with van der Waals surface area (Å²) in [5.74, 6) is -1.21. The third-order valence-corrected chi connectivity index (χ3v) is 5.33. The highest BCUT2D eigenvalue weighted by Gasteiger charge is 2.45. The van der Waals surface area contributed by atoms with Crippen LogP contribution in [0.5, 0.6) is 0 Å². The first-order valence-electron chi connectivity index (χ1n) is 9.58. The molecular formula is C21H25NO4. The van der Waals surface area contributed by atoms with Gasteiger partial charge in [0.2, 0.25) is 0 Å². The van der Waals surface area contributed by atoms with Crippen molar-refractivity contribution < 1.29 is 19.2 Å². The molecular weight excluding hydrogens is 330 g/mol. The fourth-order valence-electron chi connectivity index (χ4n) is 3.92. The number of hydrogen-bond acceptors (Lipinski definition) is 4. The molecule has 0 bridgehead atoms. The van der Waals surface area contributed by atoms with Gasteiger partial charge < -0.3 is 0 Å². The number of imide groups is 1. The van der Waals surface area contributed by atoms with Crippen LogP contribution in [-0.2, 0) is 16.0 Å². The van der Waals surface area contributed by atoms with Crippen LogP contribution in [0.4, 0.5) is 0 Å². The zero-order chi connectivity index (χ0) is 18.7. The molecule has 0 aromatic heterocycles. The molecule has 0 spiro atoms. The number of unbranched alkanes of at least 4 members (excludes halogenated alkanes) is 4. The Balaban J connectivity index is 1.78. The maximum absolute atomic E-state index is 13.0. The van der Waals surface area contributed by atoms with Gasteiger partial charge in [0.15, 0.2) is 5.78 Å². The lowest BCUT2D eigenvalue weighted by Crippen LogP contribution is -2.47. The normalized spacial score (nSPS) is 20.0. The largest absolute Gasteiger partial charge is 0.299 e. The van der Waals surface area contributed by atoms with Crippen LogP contribution < -0.4 is 0 Å². The fraction of sp³-hybridized carbons (Fsp3) is 0.524. The summed E-state index contributed by atoms with van der Waals surface area (Å²) < 4.78 is 0. The van der Waals surface area contributed by atoms with Crippen molar-refractivity contribution >= 4 is 23.4 Å². The molecule has 1 aliphatic heterocycles. The van der Waals surface area contributed by atoms with Crippen molar-refractivity contribution in [2.24, 2.45) is 0 Å². The number of aryl methyl sites for hydroxylation is 1. The van der Waals surface area contributed by atoms with E-state index in [1.54, 1.807) is 12.1 Å². The summed E-state index contributed by atoms with van der Waals surface area (Å²) in [5.41, 5.74) is 1.74. The molecule has 1 atom stereocenters. The molecule has 1 aromatic carbocycles. The predicted molar refractivity (Wildman–Crippen MR) is 97.1 cm³/mol. The highest BCUT2D eigenvalue weighted by molar-refractivity contribution is 6.24. The lowest BCUT2D eigenvalue weighted by Gasteiger charge is -2.27. The summed E-state index contributed by atoms with van der Waals surface area (Å²) in [6.45, 7) is 2.17. The second-order valence-corrected chi connectivity index (χ2v) is 7.22. The van der Waals surface area contributed by atoms with Gasteiger partial charge in [0.05, 0.1) is 23.6 Å². The van der Waals surface area contributed by atoms with E-state index >= 15 is 0 Å². The Labute approximate surface area is 153 Å². The van der Waals surface area contributed by atoms with E-state index in [-0.39, 0.29) is 36.7 Å². The minimum Gasteiger partial charge on any atom is -0.299 e. The van der Waals surface area contributed by atoms with Gasteiger partial charge in [-0.25, -0.2) is 0 Å². The quantitative estimate of drug-likeness (QED) is 0.426. The van der Waals surface area contributed by atoms with Gasteiger partial charge in [-0.2, -0.15) is 0 Å². The Bertz CT molecular complexity index is 752. The Hall–Kier alpha value is -2.30. The number of amides is 2. The molecule has 1 heterocycles. The summed E-state index contributed by atoms with van der Waals surface area (Å²) in [4.78, 5) is 50.5. The molecule has 0 radical (unpaired) electrons. The van der Waals surface area contributed by atoms with Gasteiger partial charge in [-0.15, -0.1) is 0 Å². The maximum Gasteiger partial charge on any atom is 0.262 e. The number of hydrogen-bond donors (Lipinski definition) is 0. The molecule has 138 valence electrons. The number of benzene rings is 1. The van der Waals surface area contributed by atoms with Crippen molar-refractivity contribution in [3.05, 3.63) is 34.9 Å². The second kappa shape index (κ2) is 7.94. The van der Waals surface area contributed by atoms with Crippen molar-refractivity contribution in [3.63, 3.8) is 0 Å². The molecule has 1 fully saturated rings. The molecule has 1 aromatic rings. The van der Waals surface area contributed by atoms with E-state index in [0.29, 0.717) is 11.1 Å². The predicted octanol–water partition coefficient (Wildman–Crippen LogP) is 3.49. The lowest BCUT2D eigenvalue weighted by atomic mass is 9.92. The SMILES string of the molecule is CCCCCCCc1cccc2c1C(=O)N(C1CCC(=O)CC1=O)C2=O. The van der Waals surface area contributed by atoms with Gasteiger partial charge in [0.25, 0.3) is 11.8 Å². The number of rotatable bonds is 7. The molecule has 26 heavy (non-hydrogen) atoms. The monoisotopic (exact) mass is 355 g/mol. The van der Waals surface area contributed by atoms with E-state index < -0.39 is 11.9 Å². The number of ketones is 2. The van der Waals surface area contributed by atoms with E-state index in [4.69, 9.17) is 0 Å². The summed E-state index contributed by atoms with van der Waals surface area (Å²) in [6.07, 6.45) is 6.72. The lowest BCUT2D eigenvalue weighted by molar-refractivity contribution is -0.132. The standard InChI is InChI=1S/C21H25NO4/c1-2-3-4-5-6-8-14-9-7-10-16-19(14)21(26)22(20(16)25)17-12-11-15(23)13-18(17)24/h7,9-10,17H,2-6,8,11-13H2,1H3. The molecule has 1 saturated carbocycles. The first kappa shape index (κ1) is 18.5. The molecule has 3 rings (SSSR count). The number of carbonyl (C=O) groups is 4. The number of fused-ring (bicyclic) bond motifs is 1. The van der Waals surface area contributed by atoms with Crippen LogP contribution in [0.15, 0.2) is 18.2 Å². The summed E-state index contributed by atoms with van der Waals surface area (Å²) >= 11 is 0. The molecule has 1 unspecified atom stereocenters. The summed E-state index contributed by atoms with van der Waals surface area (Å²) in [7, 11) is 0. The molecule has 1 aliphatic carbocycles. The average molecular weight is 355 g/mol. The molecule has 5 nitrogen and oxygen atoms in total. The van der Waals surface area contributed by atoms with Gasteiger partial charge in [0, 0.05) is 6.42 Å². The van der Waals surface area contributed by atoms with Crippen LogP contribution in [0.25, 0.3) is 0 Å². The van der Waals surface area contributed by atoms with Crippen LogP contribution in [-0.4, -0.2) is 34.3 Å². The van der Waals surface area contributed by atoms with Gasteiger partial charge >= 0.3 is 0 Å². The van der Waals surface area contributed by atoms with E-state index in [1.807, 2.05) is 6.07 Å². The van der Waals surface area contributed by atoms with Crippen LogP contribution in [0.2, 0.25) is 0 Å².